The predicted octanol–water partition coefficient (Wildman–Crippen LogP) is 5.87. The van der Waals surface area contributed by atoms with Crippen molar-refractivity contribution < 1.29 is 4.79 Å². The lowest BCUT2D eigenvalue weighted by molar-refractivity contribution is 0.0827. The van der Waals surface area contributed by atoms with E-state index in [2.05, 4.69) is 24.4 Å². The summed E-state index contributed by atoms with van der Waals surface area (Å²) < 4.78 is 0. The third-order valence-electron chi connectivity index (χ3n) is 6.14. The van der Waals surface area contributed by atoms with Crippen LogP contribution in [0.25, 0.3) is 0 Å². The quantitative estimate of drug-likeness (QED) is 0.411. The predicted molar refractivity (Wildman–Crippen MR) is 139 cm³/mol. The topological polar surface area (TPSA) is 79.9 Å². The van der Waals surface area contributed by atoms with Crippen LogP contribution in [0.5, 0.6) is 0 Å². The fraction of sp³-hybridized carbons (Fsp3) is 0.276. The normalized spacial score (nSPS) is 13.2. The maximum Gasteiger partial charge on any atom is 0.253 e. The second kappa shape index (κ2) is 12.2. The number of rotatable bonds is 9. The van der Waals surface area contributed by atoms with E-state index in [1.807, 2.05) is 54.6 Å². The van der Waals surface area contributed by atoms with E-state index in [1.165, 1.54) is 0 Å². The molecule has 35 heavy (non-hydrogen) atoms. The van der Waals surface area contributed by atoms with Crippen molar-refractivity contribution in [3.05, 3.63) is 106 Å². The van der Waals surface area contributed by atoms with E-state index in [0.717, 1.165) is 23.1 Å². The number of benzene rings is 3. The van der Waals surface area contributed by atoms with Gasteiger partial charge in [-0.05, 0) is 66.4 Å². The molecule has 0 saturated heterocycles. The van der Waals surface area contributed by atoms with Gasteiger partial charge >= 0.3 is 0 Å². The van der Waals surface area contributed by atoms with Crippen LogP contribution in [-0.4, -0.2) is 30.9 Å². The molecule has 3 aromatic carbocycles. The largest absolute Gasteiger partial charge is 0.345 e. The molecule has 0 saturated carbocycles. The van der Waals surface area contributed by atoms with Gasteiger partial charge in [-0.3, -0.25) is 4.79 Å². The molecule has 0 aliphatic rings. The van der Waals surface area contributed by atoms with E-state index in [-0.39, 0.29) is 30.3 Å². The van der Waals surface area contributed by atoms with Crippen LogP contribution in [0.4, 0.5) is 0 Å². The van der Waals surface area contributed by atoms with Crippen LogP contribution in [0, 0.1) is 22.7 Å². The Morgan fingerprint density at radius 3 is 2.29 bits per heavy atom. The molecule has 0 heterocycles. The molecule has 0 radical (unpaired) electrons. The summed E-state index contributed by atoms with van der Waals surface area (Å²) in [5.74, 6) is -0.00428. The zero-order chi connectivity index (χ0) is 25.4. The van der Waals surface area contributed by atoms with E-state index in [1.54, 1.807) is 37.2 Å². The van der Waals surface area contributed by atoms with Crippen molar-refractivity contribution in [3.8, 4) is 12.1 Å². The van der Waals surface area contributed by atoms with Gasteiger partial charge in [0.05, 0.1) is 24.1 Å². The summed E-state index contributed by atoms with van der Waals surface area (Å²) in [4.78, 5) is 13.8. The Bertz CT molecular complexity index is 1220. The van der Waals surface area contributed by atoms with E-state index < -0.39 is 0 Å². The minimum Gasteiger partial charge on any atom is -0.345 e. The molecule has 2 unspecified atom stereocenters. The summed E-state index contributed by atoms with van der Waals surface area (Å²) in [5.41, 5.74) is 4.37. The first-order chi connectivity index (χ1) is 16.8. The summed E-state index contributed by atoms with van der Waals surface area (Å²) >= 11 is 6.08. The Balaban J connectivity index is 1.88. The lowest BCUT2D eigenvalue weighted by atomic mass is 9.85. The van der Waals surface area contributed by atoms with Gasteiger partial charge in [0.2, 0.25) is 0 Å². The van der Waals surface area contributed by atoms with Crippen molar-refractivity contribution in [3.63, 3.8) is 0 Å². The number of hydrogen-bond acceptors (Lipinski definition) is 4. The van der Waals surface area contributed by atoms with Crippen molar-refractivity contribution >= 4 is 17.5 Å². The number of halogens is 1. The van der Waals surface area contributed by atoms with Gasteiger partial charge in [-0.15, -0.1) is 0 Å². The van der Waals surface area contributed by atoms with Crippen LogP contribution < -0.4 is 5.32 Å². The first-order valence-electron chi connectivity index (χ1n) is 11.5. The highest BCUT2D eigenvalue weighted by atomic mass is 35.5. The average molecular weight is 485 g/mol. The lowest BCUT2D eigenvalue weighted by Gasteiger charge is -2.30. The maximum atomic E-state index is 12.2. The van der Waals surface area contributed by atoms with E-state index in [4.69, 9.17) is 11.6 Å². The van der Waals surface area contributed by atoms with E-state index in [9.17, 15) is 15.3 Å². The zero-order valence-corrected chi connectivity index (χ0v) is 21.0. The van der Waals surface area contributed by atoms with Gasteiger partial charge in [0, 0.05) is 42.7 Å². The minimum absolute atomic E-state index is 0.0129. The van der Waals surface area contributed by atoms with Crippen molar-refractivity contribution in [2.24, 2.45) is 0 Å². The highest BCUT2D eigenvalue weighted by Gasteiger charge is 2.24. The summed E-state index contributed by atoms with van der Waals surface area (Å²) in [6, 6.07) is 27.2. The average Bonchev–Trinajstić information content (AvgIpc) is 2.87. The fourth-order valence-corrected chi connectivity index (χ4v) is 4.34. The Morgan fingerprint density at radius 1 is 1.00 bits per heavy atom. The Hall–Kier alpha value is -3.64. The number of hydrogen-bond donors (Lipinski definition) is 1. The number of nitrogens with zero attached hydrogens (tertiary/aromatic N) is 3. The first kappa shape index (κ1) is 26.0. The molecule has 0 aromatic heterocycles. The summed E-state index contributed by atoms with van der Waals surface area (Å²) in [5, 5.41) is 23.3. The molecule has 0 aliphatic carbocycles. The molecule has 0 aliphatic heterocycles. The van der Waals surface area contributed by atoms with Crippen molar-refractivity contribution in [2.45, 2.75) is 37.8 Å². The highest BCUT2D eigenvalue weighted by Crippen LogP contribution is 2.29. The van der Waals surface area contributed by atoms with Crippen molar-refractivity contribution in [1.82, 2.24) is 10.2 Å². The van der Waals surface area contributed by atoms with E-state index >= 15 is 0 Å². The third kappa shape index (κ3) is 6.93. The number of carbonyl (C=O) groups is 1. The molecule has 178 valence electrons. The number of nitrogens with one attached hydrogen (secondary N) is 1. The number of carbonyl (C=O) groups excluding carboxylic acids is 1. The number of amides is 1. The van der Waals surface area contributed by atoms with Crippen LogP contribution in [0.1, 0.15) is 57.9 Å². The molecule has 3 atom stereocenters. The van der Waals surface area contributed by atoms with Gasteiger partial charge in [-0.25, -0.2) is 0 Å². The molecule has 0 fully saturated rings. The molecule has 1 N–H and O–H groups in total. The van der Waals surface area contributed by atoms with E-state index in [0.29, 0.717) is 16.1 Å². The Kier molecular flexibility index (Phi) is 9.04. The van der Waals surface area contributed by atoms with Gasteiger partial charge in [0.1, 0.15) is 0 Å². The first-order valence-corrected chi connectivity index (χ1v) is 11.9. The standard InChI is InChI=1S/C29H29ClN4O/c1-20(33-28(15-16-31)23-9-11-24(12-10-23)29(35)34(2)3)27(18-21-7-13-26(30)14-8-21)25-6-4-5-22(17-25)19-32/h4-14,17,20,27-28,33H,15,18H2,1-3H3/t20?,27?,28-/m0/s1. The van der Waals surface area contributed by atoms with Gasteiger partial charge in [-0.1, -0.05) is 48.0 Å². The summed E-state index contributed by atoms with van der Waals surface area (Å²) in [6.07, 6.45) is 1.03. The summed E-state index contributed by atoms with van der Waals surface area (Å²) in [6.45, 7) is 2.11. The highest BCUT2D eigenvalue weighted by molar-refractivity contribution is 6.30. The molecule has 5 nitrogen and oxygen atoms in total. The molecule has 0 bridgehead atoms. The Morgan fingerprint density at radius 2 is 1.69 bits per heavy atom. The van der Waals surface area contributed by atoms with Gasteiger partial charge in [0.15, 0.2) is 0 Å². The van der Waals surface area contributed by atoms with Crippen LogP contribution in [-0.2, 0) is 6.42 Å². The van der Waals surface area contributed by atoms with Crippen LogP contribution in [0.3, 0.4) is 0 Å². The van der Waals surface area contributed by atoms with Gasteiger partial charge in [-0.2, -0.15) is 10.5 Å². The molecule has 1 amide bonds. The van der Waals surface area contributed by atoms with Crippen LogP contribution in [0.2, 0.25) is 5.02 Å². The van der Waals surface area contributed by atoms with Crippen molar-refractivity contribution in [2.75, 3.05) is 14.1 Å². The number of nitriles is 2. The van der Waals surface area contributed by atoms with Crippen molar-refractivity contribution in [1.29, 1.82) is 10.5 Å². The lowest BCUT2D eigenvalue weighted by Crippen LogP contribution is -2.36. The minimum atomic E-state index is -0.203. The molecule has 6 heteroatoms. The van der Waals surface area contributed by atoms with Gasteiger partial charge in [0.25, 0.3) is 5.91 Å². The maximum absolute atomic E-state index is 12.2. The molecular weight excluding hydrogens is 456 g/mol. The molecule has 3 rings (SSSR count). The van der Waals surface area contributed by atoms with Crippen LogP contribution >= 0.6 is 11.6 Å². The zero-order valence-electron chi connectivity index (χ0n) is 20.2. The summed E-state index contributed by atoms with van der Waals surface area (Å²) in [7, 11) is 3.44. The smallest absolute Gasteiger partial charge is 0.253 e. The Labute approximate surface area is 212 Å². The second-order valence-electron chi connectivity index (χ2n) is 8.87. The third-order valence-corrected chi connectivity index (χ3v) is 6.39. The molecular formula is C29H29ClN4O. The fourth-order valence-electron chi connectivity index (χ4n) is 4.21. The monoisotopic (exact) mass is 484 g/mol. The second-order valence-corrected chi connectivity index (χ2v) is 9.30. The molecule has 0 spiro atoms. The van der Waals surface area contributed by atoms with Gasteiger partial charge < -0.3 is 10.2 Å². The SMILES string of the molecule is CC(N[C@@H](CC#N)c1ccc(C(=O)N(C)C)cc1)C(Cc1ccc(Cl)cc1)c1cccc(C#N)c1. The molecule has 3 aromatic rings. The van der Waals surface area contributed by atoms with Crippen LogP contribution in [0.15, 0.2) is 72.8 Å².